The average molecular weight is 304 g/mol. The molecule has 3 fully saturated rings. The maximum absolute atomic E-state index is 9.87. The van der Waals surface area contributed by atoms with E-state index in [2.05, 4.69) is 23.3 Å². The Kier molecular flexibility index (Phi) is 4.31. The number of likely N-dealkylation sites (tertiary alicyclic amines) is 1. The predicted octanol–water partition coefficient (Wildman–Crippen LogP) is 2.70. The highest BCUT2D eigenvalue weighted by Crippen LogP contribution is 2.39. The molecule has 0 radical (unpaired) electrons. The summed E-state index contributed by atoms with van der Waals surface area (Å²) in [6.07, 6.45) is 13.7. The normalized spacial score (nSPS) is 46.5. The van der Waals surface area contributed by atoms with Gasteiger partial charge in [-0.1, -0.05) is 11.6 Å². The molecule has 22 heavy (non-hydrogen) atoms. The highest BCUT2D eigenvalue weighted by atomic mass is 16.3. The van der Waals surface area contributed by atoms with Crippen molar-refractivity contribution in [2.45, 2.75) is 82.0 Å². The van der Waals surface area contributed by atoms with Crippen molar-refractivity contribution in [3.05, 3.63) is 11.6 Å². The largest absolute Gasteiger partial charge is 0.393 e. The molecule has 3 nitrogen and oxygen atoms in total. The van der Waals surface area contributed by atoms with Gasteiger partial charge < -0.3 is 15.3 Å². The zero-order chi connectivity index (χ0) is 15.1. The van der Waals surface area contributed by atoms with E-state index in [1.165, 1.54) is 51.5 Å². The molecule has 5 unspecified atom stereocenters. The molecule has 0 aromatic heterocycles. The van der Waals surface area contributed by atoms with Crippen molar-refractivity contribution in [1.82, 2.24) is 10.2 Å². The summed E-state index contributed by atoms with van der Waals surface area (Å²) >= 11 is 0. The first-order valence-corrected chi connectivity index (χ1v) is 9.54. The third-order valence-corrected chi connectivity index (χ3v) is 6.96. The topological polar surface area (TPSA) is 35.5 Å². The van der Waals surface area contributed by atoms with Crippen LogP contribution in [0.4, 0.5) is 0 Å². The Balaban J connectivity index is 1.41. The molecule has 2 heterocycles. The Bertz CT molecular complexity index is 435. The van der Waals surface area contributed by atoms with Gasteiger partial charge in [0.15, 0.2) is 0 Å². The Hall–Kier alpha value is -0.380. The first-order chi connectivity index (χ1) is 10.7. The number of hydrogen-bond acceptors (Lipinski definition) is 3. The van der Waals surface area contributed by atoms with E-state index < -0.39 is 0 Å². The molecule has 124 valence electrons. The van der Waals surface area contributed by atoms with Gasteiger partial charge in [-0.05, 0) is 83.2 Å². The molecule has 6 atom stereocenters. The lowest BCUT2D eigenvalue weighted by molar-refractivity contribution is 0.0595. The number of nitrogens with one attached hydrogen (secondary N) is 1. The second-order valence-electron chi connectivity index (χ2n) is 8.30. The molecule has 0 aromatic rings. The van der Waals surface area contributed by atoms with Crippen molar-refractivity contribution in [2.24, 2.45) is 11.8 Å². The molecule has 0 bridgehead atoms. The van der Waals surface area contributed by atoms with E-state index >= 15 is 0 Å². The molecule has 0 spiro atoms. The maximum Gasteiger partial charge on any atom is 0.0544 e. The van der Waals surface area contributed by atoms with Crippen LogP contribution in [0.25, 0.3) is 0 Å². The van der Waals surface area contributed by atoms with E-state index in [1.807, 2.05) is 0 Å². The van der Waals surface area contributed by atoms with Crippen molar-refractivity contribution in [3.8, 4) is 0 Å². The summed E-state index contributed by atoms with van der Waals surface area (Å²) in [7, 11) is 2.31. The van der Waals surface area contributed by atoms with Crippen LogP contribution >= 0.6 is 0 Å². The van der Waals surface area contributed by atoms with Gasteiger partial charge in [0, 0.05) is 18.1 Å². The molecule has 3 heteroatoms. The summed E-state index contributed by atoms with van der Waals surface area (Å²) in [6, 6.07) is 2.10. The van der Waals surface area contributed by atoms with Gasteiger partial charge in [0.1, 0.15) is 0 Å². The molecule has 0 amide bonds. The fourth-order valence-electron chi connectivity index (χ4n) is 5.67. The first-order valence-electron chi connectivity index (χ1n) is 9.54. The Morgan fingerprint density at radius 2 is 2.05 bits per heavy atom. The minimum Gasteiger partial charge on any atom is -0.393 e. The smallest absolute Gasteiger partial charge is 0.0544 e. The van der Waals surface area contributed by atoms with Crippen LogP contribution in [0.3, 0.4) is 0 Å². The van der Waals surface area contributed by atoms with E-state index in [1.54, 1.807) is 5.57 Å². The lowest BCUT2D eigenvalue weighted by atomic mass is 9.72. The van der Waals surface area contributed by atoms with Gasteiger partial charge in [0.05, 0.1) is 6.10 Å². The van der Waals surface area contributed by atoms with Crippen molar-refractivity contribution in [1.29, 1.82) is 0 Å². The zero-order valence-corrected chi connectivity index (χ0v) is 14.0. The standard InChI is InChI=1S/C19H32N2O/c1-21-10-2-3-15-11-13(5-9-19(15)21)17-7-4-14-12-16(22)6-8-18(14)20-17/h5,14-20,22H,2-4,6-12H2,1H3/t14-,15?,16?,17?,18?,19?/m1/s1. The number of rotatable bonds is 1. The van der Waals surface area contributed by atoms with Gasteiger partial charge in [-0.25, -0.2) is 0 Å². The summed E-state index contributed by atoms with van der Waals surface area (Å²) in [5, 5.41) is 13.8. The highest BCUT2D eigenvalue weighted by molar-refractivity contribution is 5.19. The molecular weight excluding hydrogens is 272 g/mol. The Labute approximate surface area is 135 Å². The van der Waals surface area contributed by atoms with Gasteiger partial charge >= 0.3 is 0 Å². The van der Waals surface area contributed by atoms with Crippen LogP contribution in [0.2, 0.25) is 0 Å². The number of fused-ring (bicyclic) bond motifs is 2. The van der Waals surface area contributed by atoms with Gasteiger partial charge in [0.25, 0.3) is 0 Å². The fraction of sp³-hybridized carbons (Fsp3) is 0.895. The van der Waals surface area contributed by atoms with Crippen molar-refractivity contribution >= 4 is 0 Å². The van der Waals surface area contributed by atoms with Crippen LogP contribution in [0, 0.1) is 11.8 Å². The predicted molar refractivity (Wildman–Crippen MR) is 89.8 cm³/mol. The van der Waals surface area contributed by atoms with Gasteiger partial charge in [-0.15, -0.1) is 0 Å². The van der Waals surface area contributed by atoms with E-state index in [9.17, 15) is 5.11 Å². The maximum atomic E-state index is 9.87. The molecular formula is C19H32N2O. The quantitative estimate of drug-likeness (QED) is 0.731. The lowest BCUT2D eigenvalue weighted by Gasteiger charge is -2.46. The molecule has 1 saturated carbocycles. The number of piperidine rings is 2. The zero-order valence-electron chi connectivity index (χ0n) is 14.0. The molecule has 2 N–H and O–H groups in total. The molecule has 0 aromatic carbocycles. The minimum atomic E-state index is -0.0352. The monoisotopic (exact) mass is 304 g/mol. The summed E-state index contributed by atoms with van der Waals surface area (Å²) < 4.78 is 0. The summed E-state index contributed by atoms with van der Waals surface area (Å²) in [5.41, 5.74) is 1.71. The Morgan fingerprint density at radius 1 is 1.14 bits per heavy atom. The third-order valence-electron chi connectivity index (χ3n) is 6.96. The van der Waals surface area contributed by atoms with Gasteiger partial charge in [-0.3, -0.25) is 0 Å². The molecule has 4 aliphatic rings. The van der Waals surface area contributed by atoms with Crippen molar-refractivity contribution < 1.29 is 5.11 Å². The number of aliphatic hydroxyl groups is 1. The average Bonchev–Trinajstić information content (AvgIpc) is 2.54. The van der Waals surface area contributed by atoms with Crippen LogP contribution in [-0.4, -0.2) is 47.8 Å². The summed E-state index contributed by atoms with van der Waals surface area (Å²) in [4.78, 5) is 2.59. The fourth-order valence-corrected chi connectivity index (χ4v) is 5.67. The van der Waals surface area contributed by atoms with E-state index in [-0.39, 0.29) is 6.10 Å². The molecule has 2 aliphatic carbocycles. The van der Waals surface area contributed by atoms with Crippen LogP contribution in [0.1, 0.15) is 57.8 Å². The lowest BCUT2D eigenvalue weighted by Crippen LogP contribution is -2.52. The van der Waals surface area contributed by atoms with Crippen molar-refractivity contribution in [3.63, 3.8) is 0 Å². The van der Waals surface area contributed by atoms with Crippen LogP contribution in [0.15, 0.2) is 11.6 Å². The third kappa shape index (κ3) is 2.88. The number of hydrogen-bond donors (Lipinski definition) is 2. The Morgan fingerprint density at radius 3 is 2.95 bits per heavy atom. The van der Waals surface area contributed by atoms with E-state index in [0.29, 0.717) is 12.1 Å². The summed E-state index contributed by atoms with van der Waals surface area (Å²) in [6.45, 7) is 1.29. The van der Waals surface area contributed by atoms with Crippen LogP contribution < -0.4 is 5.32 Å². The molecule has 2 saturated heterocycles. The van der Waals surface area contributed by atoms with Gasteiger partial charge in [-0.2, -0.15) is 0 Å². The minimum absolute atomic E-state index is 0.0352. The van der Waals surface area contributed by atoms with E-state index in [4.69, 9.17) is 0 Å². The number of aliphatic hydroxyl groups excluding tert-OH is 1. The molecule has 4 rings (SSSR count). The SMILES string of the molecule is CN1CCCC2CC(C3CC[C@@H]4CC(O)CCC4N3)=CCC21. The second-order valence-corrected chi connectivity index (χ2v) is 8.30. The van der Waals surface area contributed by atoms with Crippen LogP contribution in [-0.2, 0) is 0 Å². The first kappa shape index (κ1) is 15.2. The second kappa shape index (κ2) is 6.26. The molecule has 2 aliphatic heterocycles. The van der Waals surface area contributed by atoms with E-state index in [0.717, 1.165) is 30.7 Å². The summed E-state index contributed by atoms with van der Waals surface area (Å²) in [5.74, 6) is 1.62. The van der Waals surface area contributed by atoms with Gasteiger partial charge in [0.2, 0.25) is 0 Å². The highest BCUT2D eigenvalue weighted by Gasteiger charge is 2.38. The van der Waals surface area contributed by atoms with Crippen molar-refractivity contribution in [2.75, 3.05) is 13.6 Å². The van der Waals surface area contributed by atoms with Crippen LogP contribution in [0.5, 0.6) is 0 Å². The number of nitrogens with zero attached hydrogens (tertiary/aromatic N) is 1.